The molecule has 84 valence electrons. The number of furan rings is 1. The van der Waals surface area contributed by atoms with Crippen molar-refractivity contribution in [2.45, 2.75) is 11.7 Å². The van der Waals surface area contributed by atoms with Crippen LogP contribution in [-0.2, 0) is 6.54 Å². The Morgan fingerprint density at radius 1 is 1.50 bits per heavy atom. The van der Waals surface area contributed by atoms with Crippen LogP contribution in [0.3, 0.4) is 0 Å². The molecule has 2 heterocycles. The molecule has 0 saturated carbocycles. The summed E-state index contributed by atoms with van der Waals surface area (Å²) in [5, 5.41) is 4.25. The molecule has 0 fully saturated rings. The zero-order chi connectivity index (χ0) is 11.4. The molecular formula is C10H10ClN3OS. The first-order valence-electron chi connectivity index (χ1n) is 4.61. The molecule has 0 aliphatic rings. The molecule has 2 aromatic heterocycles. The van der Waals surface area contributed by atoms with Crippen LogP contribution in [0.15, 0.2) is 34.2 Å². The first kappa shape index (κ1) is 11.3. The zero-order valence-corrected chi connectivity index (χ0v) is 10.2. The molecule has 0 aromatic carbocycles. The summed E-state index contributed by atoms with van der Waals surface area (Å²) in [7, 11) is 0. The molecule has 0 atom stereocenters. The fourth-order valence-electron chi connectivity index (χ4n) is 1.16. The molecule has 1 N–H and O–H groups in total. The van der Waals surface area contributed by atoms with Gasteiger partial charge in [0.15, 0.2) is 5.16 Å². The number of anilines is 1. The molecule has 0 amide bonds. The zero-order valence-electron chi connectivity index (χ0n) is 8.61. The predicted octanol–water partition coefficient (Wildman–Crippen LogP) is 3.06. The van der Waals surface area contributed by atoms with Gasteiger partial charge in [0, 0.05) is 18.2 Å². The van der Waals surface area contributed by atoms with Crippen LogP contribution in [0.1, 0.15) is 5.56 Å². The van der Waals surface area contributed by atoms with E-state index in [2.05, 4.69) is 15.3 Å². The Kier molecular flexibility index (Phi) is 3.69. The summed E-state index contributed by atoms with van der Waals surface area (Å²) in [6.45, 7) is 0.650. The molecule has 4 nitrogen and oxygen atoms in total. The van der Waals surface area contributed by atoms with Gasteiger partial charge in [-0.3, -0.25) is 0 Å². The van der Waals surface area contributed by atoms with Crippen molar-refractivity contribution in [2.24, 2.45) is 0 Å². The normalized spacial score (nSPS) is 10.4. The quantitative estimate of drug-likeness (QED) is 0.517. The minimum atomic E-state index is 0.439. The van der Waals surface area contributed by atoms with Crippen molar-refractivity contribution in [2.75, 3.05) is 11.6 Å². The van der Waals surface area contributed by atoms with E-state index in [0.29, 0.717) is 22.7 Å². The maximum atomic E-state index is 5.87. The minimum Gasteiger partial charge on any atom is -0.472 e. The van der Waals surface area contributed by atoms with Crippen LogP contribution in [0.25, 0.3) is 0 Å². The van der Waals surface area contributed by atoms with Crippen LogP contribution in [0.4, 0.5) is 5.82 Å². The fraction of sp³-hybridized carbons (Fsp3) is 0.200. The Hall–Kier alpha value is -1.20. The molecule has 0 bridgehead atoms. The lowest BCUT2D eigenvalue weighted by atomic mass is 10.3. The lowest BCUT2D eigenvalue weighted by molar-refractivity contribution is 0.564. The van der Waals surface area contributed by atoms with E-state index in [0.717, 1.165) is 5.56 Å². The maximum absolute atomic E-state index is 5.87. The van der Waals surface area contributed by atoms with Crippen LogP contribution >= 0.6 is 23.4 Å². The molecule has 0 saturated heterocycles. The third-order valence-electron chi connectivity index (χ3n) is 1.91. The smallest absolute Gasteiger partial charge is 0.190 e. The van der Waals surface area contributed by atoms with Gasteiger partial charge in [0.25, 0.3) is 0 Å². The number of halogens is 1. The Labute approximate surface area is 102 Å². The Morgan fingerprint density at radius 2 is 2.38 bits per heavy atom. The molecule has 0 aliphatic carbocycles. The molecule has 0 aliphatic heterocycles. The molecule has 2 aromatic rings. The van der Waals surface area contributed by atoms with Gasteiger partial charge in [0.2, 0.25) is 0 Å². The van der Waals surface area contributed by atoms with E-state index in [-0.39, 0.29) is 0 Å². The van der Waals surface area contributed by atoms with Crippen molar-refractivity contribution < 1.29 is 4.42 Å². The second kappa shape index (κ2) is 5.23. The summed E-state index contributed by atoms with van der Waals surface area (Å²) >= 11 is 7.32. The number of nitrogens with zero attached hydrogens (tertiary/aromatic N) is 2. The van der Waals surface area contributed by atoms with Crippen molar-refractivity contribution in [3.63, 3.8) is 0 Å². The molecule has 2 rings (SSSR count). The average molecular weight is 256 g/mol. The lowest BCUT2D eigenvalue weighted by Crippen LogP contribution is -2.01. The van der Waals surface area contributed by atoms with Crippen molar-refractivity contribution in [1.29, 1.82) is 0 Å². The van der Waals surface area contributed by atoms with Gasteiger partial charge in [-0.2, -0.15) is 0 Å². The van der Waals surface area contributed by atoms with Crippen LogP contribution in [0.5, 0.6) is 0 Å². The van der Waals surface area contributed by atoms with Gasteiger partial charge in [-0.1, -0.05) is 23.4 Å². The number of aromatic nitrogens is 2. The third kappa shape index (κ3) is 2.90. The second-order valence-corrected chi connectivity index (χ2v) is 4.21. The summed E-state index contributed by atoms with van der Waals surface area (Å²) in [6, 6.07) is 3.59. The highest BCUT2D eigenvalue weighted by molar-refractivity contribution is 7.98. The molecule has 0 unspecified atom stereocenters. The number of hydrogen-bond acceptors (Lipinski definition) is 5. The van der Waals surface area contributed by atoms with E-state index < -0.39 is 0 Å². The van der Waals surface area contributed by atoms with E-state index in [1.165, 1.54) is 11.8 Å². The van der Waals surface area contributed by atoms with Crippen LogP contribution in [0.2, 0.25) is 5.15 Å². The van der Waals surface area contributed by atoms with Crippen molar-refractivity contribution in [1.82, 2.24) is 9.97 Å². The highest BCUT2D eigenvalue weighted by Gasteiger charge is 2.02. The SMILES string of the molecule is CSc1nc(Cl)cc(NCc2ccoc2)n1. The highest BCUT2D eigenvalue weighted by Crippen LogP contribution is 2.17. The summed E-state index contributed by atoms with van der Waals surface area (Å²) in [5.41, 5.74) is 1.06. The Morgan fingerprint density at radius 3 is 3.06 bits per heavy atom. The largest absolute Gasteiger partial charge is 0.472 e. The molecular weight excluding hydrogens is 246 g/mol. The maximum Gasteiger partial charge on any atom is 0.190 e. The van der Waals surface area contributed by atoms with Gasteiger partial charge in [-0.25, -0.2) is 9.97 Å². The van der Waals surface area contributed by atoms with Crippen LogP contribution < -0.4 is 5.32 Å². The van der Waals surface area contributed by atoms with E-state index in [1.807, 2.05) is 12.3 Å². The second-order valence-electron chi connectivity index (χ2n) is 3.05. The van der Waals surface area contributed by atoms with Gasteiger partial charge < -0.3 is 9.73 Å². The average Bonchev–Trinajstić information content (AvgIpc) is 2.78. The van der Waals surface area contributed by atoms with Crippen molar-refractivity contribution >= 4 is 29.2 Å². The highest BCUT2D eigenvalue weighted by atomic mass is 35.5. The first-order valence-corrected chi connectivity index (χ1v) is 6.22. The first-order chi connectivity index (χ1) is 7.78. The third-order valence-corrected chi connectivity index (χ3v) is 2.65. The van der Waals surface area contributed by atoms with Crippen molar-refractivity contribution in [3.05, 3.63) is 35.4 Å². The van der Waals surface area contributed by atoms with Crippen LogP contribution in [0, 0.1) is 0 Å². The monoisotopic (exact) mass is 255 g/mol. The summed E-state index contributed by atoms with van der Waals surface area (Å²) in [6.07, 6.45) is 5.23. The molecule has 16 heavy (non-hydrogen) atoms. The van der Waals surface area contributed by atoms with Gasteiger partial charge in [-0.05, 0) is 12.3 Å². The number of thioether (sulfide) groups is 1. The minimum absolute atomic E-state index is 0.439. The van der Waals surface area contributed by atoms with Crippen LogP contribution in [-0.4, -0.2) is 16.2 Å². The summed E-state index contributed by atoms with van der Waals surface area (Å²) < 4.78 is 4.97. The number of hydrogen-bond donors (Lipinski definition) is 1. The molecule has 0 spiro atoms. The van der Waals surface area contributed by atoms with Gasteiger partial charge in [0.05, 0.1) is 12.5 Å². The van der Waals surface area contributed by atoms with Crippen molar-refractivity contribution in [3.8, 4) is 0 Å². The predicted molar refractivity (Wildman–Crippen MR) is 64.9 cm³/mol. The van der Waals surface area contributed by atoms with E-state index in [9.17, 15) is 0 Å². The lowest BCUT2D eigenvalue weighted by Gasteiger charge is -2.05. The van der Waals surface area contributed by atoms with Gasteiger partial charge in [0.1, 0.15) is 11.0 Å². The topological polar surface area (TPSA) is 51.0 Å². The molecule has 6 heteroatoms. The molecule has 0 radical (unpaired) electrons. The fourth-order valence-corrected chi connectivity index (χ4v) is 1.78. The summed E-state index contributed by atoms with van der Waals surface area (Å²) in [5.74, 6) is 0.713. The van der Waals surface area contributed by atoms with E-state index in [1.54, 1.807) is 18.6 Å². The Bertz CT molecular complexity index is 461. The van der Waals surface area contributed by atoms with Gasteiger partial charge in [-0.15, -0.1) is 0 Å². The number of nitrogens with one attached hydrogen (secondary N) is 1. The standard InChI is InChI=1S/C10H10ClN3OS/c1-16-10-13-8(11)4-9(14-10)12-5-7-2-3-15-6-7/h2-4,6H,5H2,1H3,(H,12,13,14). The van der Waals surface area contributed by atoms with Gasteiger partial charge >= 0.3 is 0 Å². The summed E-state index contributed by atoms with van der Waals surface area (Å²) in [4.78, 5) is 8.33. The van der Waals surface area contributed by atoms with E-state index >= 15 is 0 Å². The van der Waals surface area contributed by atoms with E-state index in [4.69, 9.17) is 16.0 Å². The Balaban J connectivity index is 2.06. The number of rotatable bonds is 4.